The van der Waals surface area contributed by atoms with Gasteiger partial charge < -0.3 is 10.1 Å². The highest BCUT2D eigenvalue weighted by atomic mass is 35.5. The Morgan fingerprint density at radius 2 is 2.06 bits per heavy atom. The number of aryl methyl sites for hydroxylation is 1. The Bertz CT molecular complexity index is 328. The average molecular weight is 256 g/mol. The van der Waals surface area contributed by atoms with Crippen LogP contribution in [0.25, 0.3) is 0 Å². The van der Waals surface area contributed by atoms with Gasteiger partial charge in [0.25, 0.3) is 0 Å². The summed E-state index contributed by atoms with van der Waals surface area (Å²) in [6.45, 7) is 6.84. The van der Waals surface area contributed by atoms with Crippen molar-refractivity contribution in [1.82, 2.24) is 5.32 Å². The van der Waals surface area contributed by atoms with E-state index in [2.05, 4.69) is 12.2 Å². The molecule has 0 heterocycles. The Balaban J connectivity index is 2.15. The van der Waals surface area contributed by atoms with Crippen molar-refractivity contribution in [2.24, 2.45) is 0 Å². The molecular formula is C14H22ClNO. The lowest BCUT2D eigenvalue weighted by molar-refractivity contribution is 0.313. The number of ether oxygens (including phenoxy) is 1. The van der Waals surface area contributed by atoms with Gasteiger partial charge in [-0.05, 0) is 37.6 Å². The summed E-state index contributed by atoms with van der Waals surface area (Å²) in [5.41, 5.74) is 1.17. The molecule has 0 amide bonds. The molecule has 0 atom stereocenters. The van der Waals surface area contributed by atoms with Gasteiger partial charge in [-0.1, -0.05) is 37.4 Å². The predicted octanol–water partition coefficient (Wildman–Crippen LogP) is 3.81. The molecule has 0 saturated carbocycles. The van der Waals surface area contributed by atoms with Crippen LogP contribution in [0.4, 0.5) is 0 Å². The standard InChI is InChI=1S/C14H22ClNO/c1-3-4-5-8-16-9-10-17-14-11-12(2)6-7-13(14)15/h6-7,11,16H,3-5,8-10H2,1-2H3. The van der Waals surface area contributed by atoms with Crippen molar-refractivity contribution in [3.8, 4) is 5.75 Å². The van der Waals surface area contributed by atoms with Crippen LogP contribution in [0.5, 0.6) is 5.75 Å². The minimum atomic E-state index is 0.662. The Morgan fingerprint density at radius 1 is 1.24 bits per heavy atom. The van der Waals surface area contributed by atoms with Crippen LogP contribution in [-0.2, 0) is 0 Å². The van der Waals surface area contributed by atoms with Crippen molar-refractivity contribution in [3.63, 3.8) is 0 Å². The summed E-state index contributed by atoms with van der Waals surface area (Å²) < 4.78 is 5.63. The fourth-order valence-electron chi connectivity index (χ4n) is 1.58. The molecule has 0 spiro atoms. The first-order valence-electron chi connectivity index (χ1n) is 6.33. The third-order valence-electron chi connectivity index (χ3n) is 2.58. The third-order valence-corrected chi connectivity index (χ3v) is 2.89. The van der Waals surface area contributed by atoms with E-state index in [4.69, 9.17) is 16.3 Å². The molecule has 0 saturated heterocycles. The van der Waals surface area contributed by atoms with Crippen molar-refractivity contribution in [3.05, 3.63) is 28.8 Å². The summed E-state index contributed by atoms with van der Waals surface area (Å²) in [5.74, 6) is 0.780. The van der Waals surface area contributed by atoms with Crippen LogP contribution in [-0.4, -0.2) is 19.7 Å². The van der Waals surface area contributed by atoms with Crippen LogP contribution in [0.3, 0.4) is 0 Å². The molecule has 17 heavy (non-hydrogen) atoms. The highest BCUT2D eigenvalue weighted by Crippen LogP contribution is 2.24. The SMILES string of the molecule is CCCCCNCCOc1cc(C)ccc1Cl. The first kappa shape index (κ1) is 14.3. The molecule has 1 aromatic carbocycles. The second-order valence-corrected chi connectivity index (χ2v) is 4.65. The molecule has 0 aliphatic carbocycles. The molecule has 1 N–H and O–H groups in total. The molecule has 0 unspecified atom stereocenters. The monoisotopic (exact) mass is 255 g/mol. The van der Waals surface area contributed by atoms with Crippen molar-refractivity contribution in [2.45, 2.75) is 33.1 Å². The van der Waals surface area contributed by atoms with E-state index in [1.54, 1.807) is 0 Å². The van der Waals surface area contributed by atoms with Gasteiger partial charge in [0, 0.05) is 6.54 Å². The molecule has 0 aromatic heterocycles. The van der Waals surface area contributed by atoms with Gasteiger partial charge in [0.2, 0.25) is 0 Å². The quantitative estimate of drug-likeness (QED) is 0.714. The summed E-state index contributed by atoms with van der Waals surface area (Å²) in [5, 5.41) is 4.04. The summed E-state index contributed by atoms with van der Waals surface area (Å²) in [7, 11) is 0. The summed E-state index contributed by atoms with van der Waals surface area (Å²) in [6.07, 6.45) is 3.79. The van der Waals surface area contributed by atoms with Gasteiger partial charge in [0.15, 0.2) is 0 Å². The highest BCUT2D eigenvalue weighted by molar-refractivity contribution is 6.32. The van der Waals surface area contributed by atoms with E-state index in [1.165, 1.54) is 24.8 Å². The number of rotatable bonds is 8. The lowest BCUT2D eigenvalue weighted by atomic mass is 10.2. The first-order chi connectivity index (χ1) is 8.24. The van der Waals surface area contributed by atoms with Crippen molar-refractivity contribution in [2.75, 3.05) is 19.7 Å². The van der Waals surface area contributed by atoms with Crippen LogP contribution < -0.4 is 10.1 Å². The molecule has 0 radical (unpaired) electrons. The second kappa shape index (κ2) is 8.37. The van der Waals surface area contributed by atoms with E-state index >= 15 is 0 Å². The number of benzene rings is 1. The Labute approximate surface area is 109 Å². The van der Waals surface area contributed by atoms with Gasteiger partial charge in [0.05, 0.1) is 5.02 Å². The molecule has 0 aliphatic rings. The number of nitrogens with one attached hydrogen (secondary N) is 1. The van der Waals surface area contributed by atoms with E-state index < -0.39 is 0 Å². The van der Waals surface area contributed by atoms with E-state index in [-0.39, 0.29) is 0 Å². The van der Waals surface area contributed by atoms with Gasteiger partial charge in [-0.15, -0.1) is 0 Å². The minimum Gasteiger partial charge on any atom is -0.491 e. The molecule has 0 fully saturated rings. The third kappa shape index (κ3) is 5.94. The largest absolute Gasteiger partial charge is 0.491 e. The van der Waals surface area contributed by atoms with Crippen LogP contribution in [0.1, 0.15) is 31.7 Å². The fourth-order valence-corrected chi connectivity index (χ4v) is 1.75. The molecule has 2 nitrogen and oxygen atoms in total. The van der Waals surface area contributed by atoms with E-state index in [0.717, 1.165) is 18.8 Å². The maximum Gasteiger partial charge on any atom is 0.138 e. The summed E-state index contributed by atoms with van der Waals surface area (Å²) in [6, 6.07) is 5.83. The molecule has 0 bridgehead atoms. The number of halogens is 1. The summed E-state index contributed by atoms with van der Waals surface area (Å²) in [4.78, 5) is 0. The predicted molar refractivity (Wildman–Crippen MR) is 74.1 cm³/mol. The fraction of sp³-hybridized carbons (Fsp3) is 0.571. The molecular weight excluding hydrogens is 234 g/mol. The van der Waals surface area contributed by atoms with E-state index in [0.29, 0.717) is 11.6 Å². The lowest BCUT2D eigenvalue weighted by Gasteiger charge is -2.09. The maximum absolute atomic E-state index is 6.03. The van der Waals surface area contributed by atoms with E-state index in [1.807, 2.05) is 25.1 Å². The van der Waals surface area contributed by atoms with Crippen LogP contribution in [0.15, 0.2) is 18.2 Å². The van der Waals surface area contributed by atoms with Crippen LogP contribution in [0.2, 0.25) is 5.02 Å². The van der Waals surface area contributed by atoms with Gasteiger partial charge in [-0.2, -0.15) is 0 Å². The van der Waals surface area contributed by atoms with Gasteiger partial charge >= 0.3 is 0 Å². The van der Waals surface area contributed by atoms with Crippen molar-refractivity contribution < 1.29 is 4.74 Å². The van der Waals surface area contributed by atoms with Crippen molar-refractivity contribution >= 4 is 11.6 Å². The smallest absolute Gasteiger partial charge is 0.138 e. The zero-order chi connectivity index (χ0) is 12.5. The Hall–Kier alpha value is -0.730. The molecule has 96 valence electrons. The zero-order valence-corrected chi connectivity index (χ0v) is 11.5. The molecule has 0 aliphatic heterocycles. The highest BCUT2D eigenvalue weighted by Gasteiger charge is 2.00. The number of hydrogen-bond donors (Lipinski definition) is 1. The first-order valence-corrected chi connectivity index (χ1v) is 6.71. The average Bonchev–Trinajstić information content (AvgIpc) is 2.32. The van der Waals surface area contributed by atoms with Gasteiger partial charge in [-0.3, -0.25) is 0 Å². The normalized spacial score (nSPS) is 10.5. The molecule has 1 aromatic rings. The van der Waals surface area contributed by atoms with Crippen LogP contribution >= 0.6 is 11.6 Å². The van der Waals surface area contributed by atoms with Crippen LogP contribution in [0, 0.1) is 6.92 Å². The topological polar surface area (TPSA) is 21.3 Å². The molecule has 3 heteroatoms. The Morgan fingerprint density at radius 3 is 2.82 bits per heavy atom. The van der Waals surface area contributed by atoms with Crippen molar-refractivity contribution in [1.29, 1.82) is 0 Å². The second-order valence-electron chi connectivity index (χ2n) is 4.24. The van der Waals surface area contributed by atoms with Gasteiger partial charge in [0.1, 0.15) is 12.4 Å². The maximum atomic E-state index is 6.03. The lowest BCUT2D eigenvalue weighted by Crippen LogP contribution is -2.22. The zero-order valence-electron chi connectivity index (χ0n) is 10.8. The van der Waals surface area contributed by atoms with E-state index in [9.17, 15) is 0 Å². The number of hydrogen-bond acceptors (Lipinski definition) is 2. The number of unbranched alkanes of at least 4 members (excludes halogenated alkanes) is 2. The Kier molecular flexibility index (Phi) is 7.06. The molecule has 1 rings (SSSR count). The van der Waals surface area contributed by atoms with Gasteiger partial charge in [-0.25, -0.2) is 0 Å². The minimum absolute atomic E-state index is 0.662. The summed E-state index contributed by atoms with van der Waals surface area (Å²) >= 11 is 6.03.